The number of nitrogens with one attached hydrogen (secondary N) is 2. The third-order valence-corrected chi connectivity index (χ3v) is 3.46. The van der Waals surface area contributed by atoms with E-state index in [1.165, 1.54) is 30.6 Å². The highest BCUT2D eigenvalue weighted by Crippen LogP contribution is 2.25. The highest BCUT2D eigenvalue weighted by atomic mass is 35.5. The van der Waals surface area contributed by atoms with Gasteiger partial charge >= 0.3 is 5.25 Å². The first-order valence-electron chi connectivity index (χ1n) is 4.89. The molecule has 0 fully saturated rings. The maximum atomic E-state index is 10.9. The first kappa shape index (κ1) is 14.1. The number of aliphatic imine (C=N–C) groups is 2. The molecule has 0 saturated heterocycles. The molecule has 1 aliphatic heterocycles. The van der Waals surface area contributed by atoms with Gasteiger partial charge in [-0.25, -0.2) is 4.99 Å². The number of amidine groups is 1. The summed E-state index contributed by atoms with van der Waals surface area (Å²) in [7, 11) is -4.23. The van der Waals surface area contributed by atoms with Crippen LogP contribution in [0.25, 0.3) is 0 Å². The van der Waals surface area contributed by atoms with Crippen molar-refractivity contribution in [1.29, 1.82) is 0 Å². The number of alkyl halides is 1. The van der Waals surface area contributed by atoms with Gasteiger partial charge in [-0.15, -0.1) is 0 Å². The molecular formula is C9H8Cl2N4O3S. The highest BCUT2D eigenvalue weighted by molar-refractivity contribution is 7.85. The Hall–Kier alpha value is -1.35. The largest absolute Gasteiger partial charge is 0.329 e. The van der Waals surface area contributed by atoms with E-state index in [1.54, 1.807) is 0 Å². The molecule has 1 unspecified atom stereocenters. The zero-order chi connectivity index (χ0) is 14.1. The molecule has 1 aromatic rings. The maximum absolute atomic E-state index is 10.9. The van der Waals surface area contributed by atoms with Crippen LogP contribution in [0.15, 0.2) is 39.1 Å². The third kappa shape index (κ3) is 3.57. The van der Waals surface area contributed by atoms with Crippen molar-refractivity contribution in [3.05, 3.63) is 24.3 Å². The van der Waals surface area contributed by atoms with Crippen molar-refractivity contribution in [2.75, 3.05) is 5.32 Å². The minimum atomic E-state index is -4.23. The van der Waals surface area contributed by atoms with E-state index >= 15 is 0 Å². The third-order valence-electron chi connectivity index (χ3n) is 2.12. The monoisotopic (exact) mass is 322 g/mol. The summed E-state index contributed by atoms with van der Waals surface area (Å²) in [5.41, 5.74) is 0.453. The molecule has 1 aromatic carbocycles. The van der Waals surface area contributed by atoms with Gasteiger partial charge in [0, 0.05) is 5.69 Å². The van der Waals surface area contributed by atoms with Gasteiger partial charge in [0.2, 0.25) is 5.29 Å². The standard InChI is InChI=1S/C9H8Cl2N4O3S/c10-8-12-5-13-9(11,15-8)14-6-1-3-7(4-2-6)19(16,17)18/h1-5,14H,(H,12,13,15)(H,16,17,18). The fourth-order valence-corrected chi connectivity index (χ4v) is 2.25. The summed E-state index contributed by atoms with van der Waals surface area (Å²) in [6.45, 7) is 0. The molecule has 1 heterocycles. The van der Waals surface area contributed by atoms with Crippen molar-refractivity contribution in [2.45, 2.75) is 10.1 Å². The van der Waals surface area contributed by atoms with Gasteiger partial charge in [0.25, 0.3) is 10.1 Å². The van der Waals surface area contributed by atoms with Crippen molar-refractivity contribution in [3.8, 4) is 0 Å². The van der Waals surface area contributed by atoms with Crippen LogP contribution in [0.4, 0.5) is 5.69 Å². The van der Waals surface area contributed by atoms with Gasteiger partial charge in [0.05, 0.1) is 11.2 Å². The van der Waals surface area contributed by atoms with Gasteiger partial charge in [-0.1, -0.05) is 0 Å². The molecule has 1 aliphatic rings. The van der Waals surface area contributed by atoms with Gasteiger partial charge in [-0.05, 0) is 47.5 Å². The van der Waals surface area contributed by atoms with E-state index < -0.39 is 15.4 Å². The van der Waals surface area contributed by atoms with Crippen molar-refractivity contribution in [2.24, 2.45) is 9.98 Å². The Labute approximate surface area is 119 Å². The zero-order valence-electron chi connectivity index (χ0n) is 9.21. The molecule has 7 nitrogen and oxygen atoms in total. The fraction of sp³-hybridized carbons (Fsp3) is 0.111. The molecule has 0 bridgehead atoms. The van der Waals surface area contributed by atoms with Crippen molar-refractivity contribution in [3.63, 3.8) is 0 Å². The SMILES string of the molecule is O=S(=O)(O)c1ccc(NC2(Cl)N=CNC(Cl)=N2)cc1. The molecule has 1 atom stereocenters. The number of nitrogens with zero attached hydrogens (tertiary/aromatic N) is 2. The molecular weight excluding hydrogens is 315 g/mol. The predicted molar refractivity (Wildman–Crippen MR) is 73.4 cm³/mol. The van der Waals surface area contributed by atoms with Crippen molar-refractivity contribution in [1.82, 2.24) is 5.32 Å². The molecule has 102 valence electrons. The Morgan fingerprint density at radius 2 is 1.95 bits per heavy atom. The zero-order valence-corrected chi connectivity index (χ0v) is 11.5. The molecule has 3 N–H and O–H groups in total. The number of anilines is 1. The smallest absolute Gasteiger partial charge is 0.310 e. The Balaban J connectivity index is 2.21. The van der Waals surface area contributed by atoms with Crippen LogP contribution >= 0.6 is 23.2 Å². The Bertz CT molecular complexity index is 644. The topological polar surface area (TPSA) is 103 Å². The molecule has 19 heavy (non-hydrogen) atoms. The van der Waals surface area contributed by atoms with Gasteiger partial charge in [0.15, 0.2) is 0 Å². The maximum Gasteiger partial charge on any atom is 0.310 e. The number of benzene rings is 1. The summed E-state index contributed by atoms with van der Waals surface area (Å²) in [5, 5.41) is 3.85. The molecule has 10 heteroatoms. The molecule has 0 spiro atoms. The number of hydrogen-bond donors (Lipinski definition) is 3. The molecule has 0 aliphatic carbocycles. The summed E-state index contributed by atoms with van der Waals surface area (Å²) < 4.78 is 30.6. The van der Waals surface area contributed by atoms with Crippen LogP contribution in [-0.2, 0) is 10.1 Å². The first-order valence-corrected chi connectivity index (χ1v) is 7.08. The van der Waals surface area contributed by atoms with E-state index in [4.69, 9.17) is 27.8 Å². The van der Waals surface area contributed by atoms with E-state index in [0.29, 0.717) is 5.69 Å². The highest BCUT2D eigenvalue weighted by Gasteiger charge is 2.27. The summed E-state index contributed by atoms with van der Waals surface area (Å²) in [6, 6.07) is 5.25. The Morgan fingerprint density at radius 3 is 2.47 bits per heavy atom. The minimum Gasteiger partial charge on any atom is -0.329 e. The van der Waals surface area contributed by atoms with Crippen LogP contribution in [0.1, 0.15) is 0 Å². The summed E-state index contributed by atoms with van der Waals surface area (Å²) >= 11 is 11.7. The van der Waals surface area contributed by atoms with Gasteiger partial charge < -0.3 is 10.6 Å². The normalized spacial score (nSPS) is 22.6. The summed E-state index contributed by atoms with van der Waals surface area (Å²) in [4.78, 5) is 7.47. The van der Waals surface area contributed by atoms with Crippen LogP contribution in [0.2, 0.25) is 0 Å². The lowest BCUT2D eigenvalue weighted by Gasteiger charge is -2.23. The van der Waals surface area contributed by atoms with Crippen LogP contribution < -0.4 is 10.6 Å². The predicted octanol–water partition coefficient (Wildman–Crippen LogP) is 1.42. The van der Waals surface area contributed by atoms with Gasteiger partial charge in [-0.3, -0.25) is 4.55 Å². The fourth-order valence-electron chi connectivity index (χ4n) is 1.32. The average molecular weight is 323 g/mol. The minimum absolute atomic E-state index is 0.0621. The molecule has 2 rings (SSSR count). The second-order valence-corrected chi connectivity index (χ2v) is 5.82. The average Bonchev–Trinajstić information content (AvgIpc) is 2.27. The van der Waals surface area contributed by atoms with E-state index in [0.717, 1.165) is 0 Å². The van der Waals surface area contributed by atoms with Crippen molar-refractivity contribution < 1.29 is 13.0 Å². The number of rotatable bonds is 3. The Kier molecular flexibility index (Phi) is 3.68. The van der Waals surface area contributed by atoms with Crippen LogP contribution in [0, 0.1) is 0 Å². The molecule has 0 aromatic heterocycles. The summed E-state index contributed by atoms with van der Waals surface area (Å²) in [5.74, 6) is 0. The van der Waals surface area contributed by atoms with E-state index in [9.17, 15) is 8.42 Å². The number of halogens is 2. The second-order valence-electron chi connectivity index (χ2n) is 3.52. The lowest BCUT2D eigenvalue weighted by Crippen LogP contribution is -2.36. The molecule has 0 radical (unpaired) electrons. The first-order chi connectivity index (χ1) is 8.78. The van der Waals surface area contributed by atoms with Gasteiger partial charge in [0.1, 0.15) is 0 Å². The van der Waals surface area contributed by atoms with Crippen LogP contribution in [0.5, 0.6) is 0 Å². The van der Waals surface area contributed by atoms with E-state index in [1.807, 2.05) is 0 Å². The molecule has 0 amide bonds. The van der Waals surface area contributed by atoms with Crippen molar-refractivity contribution >= 4 is 50.6 Å². The van der Waals surface area contributed by atoms with Gasteiger partial charge in [-0.2, -0.15) is 13.4 Å². The number of hydrogen-bond acceptors (Lipinski definition) is 6. The second kappa shape index (κ2) is 4.97. The Morgan fingerprint density at radius 1 is 1.32 bits per heavy atom. The quantitative estimate of drug-likeness (QED) is 0.443. The van der Waals surface area contributed by atoms with E-state index in [2.05, 4.69) is 20.6 Å². The molecule has 0 saturated carbocycles. The lowest BCUT2D eigenvalue weighted by molar-refractivity contribution is 0.483. The summed E-state index contributed by atoms with van der Waals surface area (Å²) in [6.07, 6.45) is 1.28. The van der Waals surface area contributed by atoms with Crippen LogP contribution in [-0.4, -0.2) is 29.8 Å². The van der Waals surface area contributed by atoms with E-state index in [-0.39, 0.29) is 10.2 Å². The van der Waals surface area contributed by atoms with Crippen LogP contribution in [0.3, 0.4) is 0 Å². The lowest BCUT2D eigenvalue weighted by atomic mass is 10.3.